The Morgan fingerprint density at radius 3 is 2.29 bits per heavy atom. The monoisotopic (exact) mass is 487 g/mol. The van der Waals surface area contributed by atoms with Crippen molar-refractivity contribution in [2.24, 2.45) is 0 Å². The first-order valence-corrected chi connectivity index (χ1v) is 12.1. The minimum absolute atomic E-state index is 0.145. The van der Waals surface area contributed by atoms with Gasteiger partial charge in [0, 0.05) is 29.8 Å². The highest BCUT2D eigenvalue weighted by Crippen LogP contribution is 2.24. The average molecular weight is 488 g/mol. The Hall–Kier alpha value is -4.51. The molecule has 0 amide bonds. The summed E-state index contributed by atoms with van der Waals surface area (Å²) < 4.78 is 37.2. The number of hydrogen-bond acceptors (Lipinski definition) is 7. The molecule has 10 nitrogen and oxygen atoms in total. The molecule has 0 radical (unpaired) electrons. The Balaban J connectivity index is 1.24. The van der Waals surface area contributed by atoms with Gasteiger partial charge >= 0.3 is 0 Å². The summed E-state index contributed by atoms with van der Waals surface area (Å²) in [7, 11) is -3.75. The molecule has 0 fully saturated rings. The van der Waals surface area contributed by atoms with Crippen molar-refractivity contribution < 1.29 is 13.2 Å². The number of anilines is 1. The van der Waals surface area contributed by atoms with Crippen LogP contribution in [0, 0.1) is 13.8 Å². The van der Waals surface area contributed by atoms with Crippen molar-refractivity contribution in [1.29, 1.82) is 0 Å². The standard InChI is InChI=1S/C24H21N7O3S/c1-17-16-18(2)31(28-17)23-12-13-24(27-26-23)34-21-8-4-19(5-9-21)29-35(32,33)22-10-6-20(7-11-22)30-15-3-14-25-30/h3-16,29H,1-2H3. The van der Waals surface area contributed by atoms with Crippen LogP contribution in [-0.2, 0) is 10.0 Å². The molecule has 1 N–H and O–H groups in total. The molecule has 11 heteroatoms. The van der Waals surface area contributed by atoms with Crippen molar-refractivity contribution in [2.75, 3.05) is 4.72 Å². The van der Waals surface area contributed by atoms with Crippen LogP contribution in [-0.4, -0.2) is 38.2 Å². The van der Waals surface area contributed by atoms with Crippen molar-refractivity contribution in [1.82, 2.24) is 29.8 Å². The van der Waals surface area contributed by atoms with Crippen LogP contribution in [0.25, 0.3) is 11.5 Å². The lowest BCUT2D eigenvalue weighted by atomic mass is 10.3. The molecule has 5 aromatic rings. The largest absolute Gasteiger partial charge is 0.438 e. The van der Waals surface area contributed by atoms with Gasteiger partial charge in [0.25, 0.3) is 10.0 Å². The first-order chi connectivity index (χ1) is 16.9. The number of rotatable bonds is 7. The summed E-state index contributed by atoms with van der Waals surface area (Å²) in [6, 6.07) is 20.2. The van der Waals surface area contributed by atoms with Crippen molar-refractivity contribution >= 4 is 15.7 Å². The number of nitrogens with zero attached hydrogens (tertiary/aromatic N) is 6. The Morgan fingerprint density at radius 2 is 1.69 bits per heavy atom. The number of ether oxygens (including phenoxy) is 1. The number of nitrogens with one attached hydrogen (secondary N) is 1. The topological polar surface area (TPSA) is 117 Å². The Morgan fingerprint density at radius 1 is 0.914 bits per heavy atom. The van der Waals surface area contributed by atoms with E-state index in [9.17, 15) is 8.42 Å². The number of aryl methyl sites for hydroxylation is 2. The van der Waals surface area contributed by atoms with Gasteiger partial charge in [-0.25, -0.2) is 17.8 Å². The number of hydrogen-bond donors (Lipinski definition) is 1. The van der Waals surface area contributed by atoms with Gasteiger partial charge in [0.05, 0.1) is 16.3 Å². The second-order valence-corrected chi connectivity index (χ2v) is 9.43. The fraction of sp³-hybridized carbons (Fsp3) is 0.0833. The maximum atomic E-state index is 12.8. The van der Waals surface area contributed by atoms with E-state index in [1.54, 1.807) is 76.4 Å². The van der Waals surface area contributed by atoms with Gasteiger partial charge in [-0.2, -0.15) is 10.2 Å². The molecule has 0 saturated heterocycles. The Labute approximate surface area is 201 Å². The molecule has 5 rings (SSSR count). The van der Waals surface area contributed by atoms with Crippen LogP contribution < -0.4 is 9.46 Å². The summed E-state index contributed by atoms with van der Waals surface area (Å²) in [5.41, 5.74) is 3.02. The van der Waals surface area contributed by atoms with Crippen molar-refractivity contribution in [3.05, 3.63) is 96.6 Å². The molecule has 35 heavy (non-hydrogen) atoms. The van der Waals surface area contributed by atoms with Crippen LogP contribution in [0.3, 0.4) is 0 Å². The molecular formula is C24H21N7O3S. The van der Waals surface area contributed by atoms with Gasteiger partial charge in [-0.1, -0.05) is 0 Å². The highest BCUT2D eigenvalue weighted by Gasteiger charge is 2.15. The van der Waals surface area contributed by atoms with E-state index >= 15 is 0 Å². The van der Waals surface area contributed by atoms with Crippen LogP contribution in [0.5, 0.6) is 11.6 Å². The third-order valence-electron chi connectivity index (χ3n) is 5.10. The summed E-state index contributed by atoms with van der Waals surface area (Å²) in [6.45, 7) is 3.86. The van der Waals surface area contributed by atoms with Gasteiger partial charge in [0.2, 0.25) is 5.88 Å². The van der Waals surface area contributed by atoms with E-state index in [1.165, 1.54) is 12.1 Å². The van der Waals surface area contributed by atoms with Gasteiger partial charge < -0.3 is 4.74 Å². The normalized spacial score (nSPS) is 11.4. The van der Waals surface area contributed by atoms with E-state index in [0.29, 0.717) is 23.1 Å². The zero-order valence-electron chi connectivity index (χ0n) is 18.9. The van der Waals surface area contributed by atoms with Crippen molar-refractivity contribution in [3.63, 3.8) is 0 Å². The maximum Gasteiger partial charge on any atom is 0.261 e. The van der Waals surface area contributed by atoms with E-state index in [1.807, 2.05) is 19.9 Å². The minimum Gasteiger partial charge on any atom is -0.438 e. The van der Waals surface area contributed by atoms with Crippen LogP contribution in [0.15, 0.2) is 90.1 Å². The third kappa shape index (κ3) is 4.89. The van der Waals surface area contributed by atoms with Gasteiger partial charge in [-0.15, -0.1) is 10.2 Å². The molecule has 176 valence electrons. The lowest BCUT2D eigenvalue weighted by molar-refractivity contribution is 0.454. The van der Waals surface area contributed by atoms with Gasteiger partial charge in [0.15, 0.2) is 5.82 Å². The van der Waals surface area contributed by atoms with Crippen molar-refractivity contribution in [3.8, 4) is 23.1 Å². The number of aromatic nitrogens is 6. The second-order valence-electron chi connectivity index (χ2n) is 7.75. The lowest BCUT2D eigenvalue weighted by Crippen LogP contribution is -2.13. The van der Waals surface area contributed by atoms with E-state index in [2.05, 4.69) is 25.1 Å². The predicted molar refractivity (Wildman–Crippen MR) is 130 cm³/mol. The van der Waals surface area contributed by atoms with Crippen LogP contribution in [0.1, 0.15) is 11.4 Å². The van der Waals surface area contributed by atoms with E-state index in [0.717, 1.165) is 17.1 Å². The van der Waals surface area contributed by atoms with E-state index in [-0.39, 0.29) is 4.90 Å². The Kier molecular flexibility index (Phi) is 5.75. The first-order valence-electron chi connectivity index (χ1n) is 10.7. The minimum atomic E-state index is -3.75. The quantitative estimate of drug-likeness (QED) is 0.368. The SMILES string of the molecule is Cc1cc(C)n(-c2ccc(Oc3ccc(NS(=O)(=O)c4ccc(-n5cccn5)cc4)cc3)nn2)n1. The fourth-order valence-corrected chi connectivity index (χ4v) is 4.53. The summed E-state index contributed by atoms with van der Waals surface area (Å²) in [4.78, 5) is 0.145. The highest BCUT2D eigenvalue weighted by molar-refractivity contribution is 7.92. The predicted octanol–water partition coefficient (Wildman–Crippen LogP) is 4.06. The Bertz CT molecular complexity index is 1540. The molecule has 0 aliphatic rings. The molecule has 0 bridgehead atoms. The highest BCUT2D eigenvalue weighted by atomic mass is 32.2. The lowest BCUT2D eigenvalue weighted by Gasteiger charge is -2.10. The summed E-state index contributed by atoms with van der Waals surface area (Å²) >= 11 is 0. The number of sulfonamides is 1. The summed E-state index contributed by atoms with van der Waals surface area (Å²) in [6.07, 6.45) is 3.44. The third-order valence-corrected chi connectivity index (χ3v) is 6.49. The fourth-order valence-electron chi connectivity index (χ4n) is 3.47. The molecule has 2 aromatic carbocycles. The first kappa shape index (κ1) is 22.3. The molecule has 0 atom stereocenters. The molecule has 3 heterocycles. The molecule has 0 saturated carbocycles. The second kappa shape index (κ2) is 9.03. The average Bonchev–Trinajstić information content (AvgIpc) is 3.50. The molecule has 0 aliphatic carbocycles. The van der Waals surface area contributed by atoms with Gasteiger partial charge in [-0.3, -0.25) is 4.72 Å². The molecule has 0 aliphatic heterocycles. The smallest absolute Gasteiger partial charge is 0.261 e. The van der Waals surface area contributed by atoms with Gasteiger partial charge in [-0.05, 0) is 80.6 Å². The summed E-state index contributed by atoms with van der Waals surface area (Å²) in [5, 5.41) is 16.8. The maximum absolute atomic E-state index is 12.8. The molecule has 3 aromatic heterocycles. The van der Waals surface area contributed by atoms with Crippen LogP contribution >= 0.6 is 0 Å². The van der Waals surface area contributed by atoms with E-state index in [4.69, 9.17) is 4.74 Å². The molecular weight excluding hydrogens is 466 g/mol. The summed E-state index contributed by atoms with van der Waals surface area (Å²) in [5.74, 6) is 1.39. The van der Waals surface area contributed by atoms with Crippen LogP contribution in [0.2, 0.25) is 0 Å². The van der Waals surface area contributed by atoms with Crippen molar-refractivity contribution in [2.45, 2.75) is 18.7 Å². The van der Waals surface area contributed by atoms with Gasteiger partial charge in [0.1, 0.15) is 5.75 Å². The van der Waals surface area contributed by atoms with Crippen LogP contribution in [0.4, 0.5) is 5.69 Å². The number of benzene rings is 2. The zero-order valence-corrected chi connectivity index (χ0v) is 19.7. The zero-order chi connectivity index (χ0) is 24.4. The molecule has 0 unspecified atom stereocenters. The van der Waals surface area contributed by atoms with E-state index < -0.39 is 10.0 Å². The molecule has 0 spiro atoms.